The van der Waals surface area contributed by atoms with Crippen molar-refractivity contribution in [1.29, 1.82) is 0 Å². The number of nitrogens with zero attached hydrogens (tertiary/aromatic N) is 2. The van der Waals surface area contributed by atoms with E-state index in [9.17, 15) is 9.90 Å². The number of benzene rings is 2. The molecular formula is C23H27N5O3. The summed E-state index contributed by atoms with van der Waals surface area (Å²) in [7, 11) is 1.52. The lowest BCUT2D eigenvalue weighted by molar-refractivity contribution is 0.244. The van der Waals surface area contributed by atoms with Crippen LogP contribution in [-0.2, 0) is 0 Å². The van der Waals surface area contributed by atoms with Gasteiger partial charge in [0.1, 0.15) is 5.82 Å². The van der Waals surface area contributed by atoms with Gasteiger partial charge in [-0.15, -0.1) is 0 Å². The number of aryl methyl sites for hydroxylation is 1. The molecule has 2 amide bonds. The minimum absolute atomic E-state index is 0.0721. The van der Waals surface area contributed by atoms with Crippen molar-refractivity contribution in [1.82, 2.24) is 20.4 Å². The molecule has 1 aromatic heterocycles. The minimum atomic E-state index is -0.285. The smallest absolute Gasteiger partial charge is 0.320 e. The highest BCUT2D eigenvalue weighted by Gasteiger charge is 2.15. The first-order valence-electron chi connectivity index (χ1n) is 9.97. The number of phenols is 1. The third-order valence-electron chi connectivity index (χ3n) is 4.71. The van der Waals surface area contributed by atoms with Crippen molar-refractivity contribution in [2.24, 2.45) is 0 Å². The summed E-state index contributed by atoms with van der Waals surface area (Å²) >= 11 is 0. The number of rotatable bonds is 7. The van der Waals surface area contributed by atoms with Crippen molar-refractivity contribution < 1.29 is 14.6 Å². The van der Waals surface area contributed by atoms with Crippen molar-refractivity contribution in [3.63, 3.8) is 0 Å². The van der Waals surface area contributed by atoms with Gasteiger partial charge < -0.3 is 20.5 Å². The molecule has 0 atom stereocenters. The maximum absolute atomic E-state index is 12.0. The third kappa shape index (κ3) is 4.98. The zero-order valence-electron chi connectivity index (χ0n) is 18.1. The number of allylic oxidation sites excluding steroid dienone is 1. The van der Waals surface area contributed by atoms with Gasteiger partial charge in [-0.25, -0.2) is 9.48 Å². The predicted octanol–water partition coefficient (Wildman–Crippen LogP) is 4.15. The number of aromatic hydroxyl groups is 1. The zero-order chi connectivity index (χ0) is 22.4. The van der Waals surface area contributed by atoms with Gasteiger partial charge in [-0.1, -0.05) is 6.07 Å². The zero-order valence-corrected chi connectivity index (χ0v) is 18.1. The Morgan fingerprint density at radius 2 is 2.06 bits per heavy atom. The first-order chi connectivity index (χ1) is 15.0. The molecule has 162 valence electrons. The third-order valence-corrected chi connectivity index (χ3v) is 4.71. The number of carbonyl (C=O) groups is 1. The molecule has 8 nitrogen and oxygen atoms in total. The molecule has 0 aliphatic carbocycles. The van der Waals surface area contributed by atoms with E-state index in [1.807, 2.05) is 51.2 Å². The second kappa shape index (κ2) is 9.71. The van der Waals surface area contributed by atoms with E-state index in [1.54, 1.807) is 29.1 Å². The number of hydrogen-bond acceptors (Lipinski definition) is 5. The fourth-order valence-electron chi connectivity index (χ4n) is 3.20. The quantitative estimate of drug-likeness (QED) is 0.459. The first kappa shape index (κ1) is 21.8. The largest absolute Gasteiger partial charge is 0.504 e. The lowest BCUT2D eigenvalue weighted by atomic mass is 10.00. The number of anilines is 1. The average Bonchev–Trinajstić information content (AvgIpc) is 3.29. The van der Waals surface area contributed by atoms with E-state index in [4.69, 9.17) is 4.74 Å². The fourth-order valence-corrected chi connectivity index (χ4v) is 3.20. The summed E-state index contributed by atoms with van der Waals surface area (Å²) in [5.74, 6) is 1.04. The van der Waals surface area contributed by atoms with Gasteiger partial charge in [0.15, 0.2) is 11.5 Å². The van der Waals surface area contributed by atoms with Crippen LogP contribution in [0, 0.1) is 6.92 Å². The Balaban J connectivity index is 2.04. The molecule has 3 aromatic rings. The van der Waals surface area contributed by atoms with Gasteiger partial charge >= 0.3 is 6.03 Å². The van der Waals surface area contributed by atoms with Crippen LogP contribution >= 0.6 is 0 Å². The molecule has 2 aromatic carbocycles. The monoisotopic (exact) mass is 421 g/mol. The Labute approximate surface area is 181 Å². The van der Waals surface area contributed by atoms with Crippen molar-refractivity contribution in [3.05, 3.63) is 66.3 Å². The van der Waals surface area contributed by atoms with Crippen LogP contribution in [0.15, 0.2) is 60.7 Å². The molecule has 0 unspecified atom stereocenters. The predicted molar refractivity (Wildman–Crippen MR) is 122 cm³/mol. The van der Waals surface area contributed by atoms with Crippen molar-refractivity contribution >= 4 is 11.7 Å². The first-order valence-corrected chi connectivity index (χ1v) is 9.97. The van der Waals surface area contributed by atoms with E-state index in [-0.39, 0.29) is 11.8 Å². The van der Waals surface area contributed by atoms with Gasteiger partial charge in [0.2, 0.25) is 0 Å². The molecule has 0 radical (unpaired) electrons. The Morgan fingerprint density at radius 3 is 2.68 bits per heavy atom. The molecule has 0 aliphatic heterocycles. The molecule has 0 bridgehead atoms. The van der Waals surface area contributed by atoms with E-state index in [1.165, 1.54) is 7.11 Å². The summed E-state index contributed by atoms with van der Waals surface area (Å²) in [6.45, 7) is 6.20. The van der Waals surface area contributed by atoms with E-state index < -0.39 is 0 Å². The highest BCUT2D eigenvalue weighted by Crippen LogP contribution is 2.35. The fraction of sp³-hybridized carbons (Fsp3) is 0.217. The van der Waals surface area contributed by atoms with Gasteiger partial charge in [0.25, 0.3) is 0 Å². The molecule has 3 rings (SSSR count). The van der Waals surface area contributed by atoms with Crippen LogP contribution in [0.25, 0.3) is 16.8 Å². The summed E-state index contributed by atoms with van der Waals surface area (Å²) in [4.78, 5) is 12.0. The van der Waals surface area contributed by atoms with Crippen LogP contribution in [0.1, 0.15) is 19.4 Å². The van der Waals surface area contributed by atoms with E-state index in [2.05, 4.69) is 21.0 Å². The molecule has 0 saturated heterocycles. The number of hydrogen-bond donors (Lipinski definition) is 4. The normalized spacial score (nSPS) is 11.2. The molecule has 0 saturated carbocycles. The number of ether oxygens (including phenoxy) is 1. The van der Waals surface area contributed by atoms with Crippen molar-refractivity contribution in [2.45, 2.75) is 20.8 Å². The minimum Gasteiger partial charge on any atom is -0.504 e. The van der Waals surface area contributed by atoms with E-state index in [0.717, 1.165) is 28.1 Å². The Kier molecular flexibility index (Phi) is 6.81. The molecule has 4 N–H and O–H groups in total. The Bertz CT molecular complexity index is 1090. The van der Waals surface area contributed by atoms with Gasteiger partial charge in [-0.05, 0) is 73.9 Å². The second-order valence-electron chi connectivity index (χ2n) is 6.84. The van der Waals surface area contributed by atoms with Gasteiger partial charge in [-0.3, -0.25) is 5.32 Å². The lowest BCUT2D eigenvalue weighted by Crippen LogP contribution is -2.36. The van der Waals surface area contributed by atoms with Gasteiger partial charge in [0, 0.05) is 18.9 Å². The molecule has 31 heavy (non-hydrogen) atoms. The molecule has 0 spiro atoms. The standard InChI is InChI=1S/C23H27N5O3/c1-5-21(27-23(30)24-6-2)26-22-15(3)12-17(13-18(22)28-11-7-10-25-28)16-8-9-20(31-4)19(29)14-16/h5,7-14,26,29H,6H2,1-4H3,(H2,24,27,30). The van der Waals surface area contributed by atoms with Crippen LogP contribution in [0.2, 0.25) is 0 Å². The van der Waals surface area contributed by atoms with Crippen LogP contribution in [0.5, 0.6) is 11.5 Å². The van der Waals surface area contributed by atoms with E-state index in [0.29, 0.717) is 18.1 Å². The number of nitrogens with one attached hydrogen (secondary N) is 3. The number of aromatic nitrogens is 2. The highest BCUT2D eigenvalue weighted by atomic mass is 16.5. The summed E-state index contributed by atoms with van der Waals surface area (Å²) in [5, 5.41) is 23.4. The lowest BCUT2D eigenvalue weighted by Gasteiger charge is -2.19. The number of carbonyl (C=O) groups excluding carboxylic acids is 1. The number of urea groups is 1. The average molecular weight is 422 g/mol. The van der Waals surface area contributed by atoms with Crippen molar-refractivity contribution in [2.75, 3.05) is 19.0 Å². The summed E-state index contributed by atoms with van der Waals surface area (Å²) in [6, 6.07) is 10.8. The summed E-state index contributed by atoms with van der Waals surface area (Å²) in [6.07, 6.45) is 5.34. The molecule has 1 heterocycles. The second-order valence-corrected chi connectivity index (χ2v) is 6.84. The SMILES string of the molecule is CC=C(NC(=O)NCC)Nc1c(C)cc(-c2ccc(OC)c(O)c2)cc1-n1cccn1. The highest BCUT2D eigenvalue weighted by molar-refractivity contribution is 5.80. The maximum Gasteiger partial charge on any atom is 0.320 e. The van der Waals surface area contributed by atoms with Crippen molar-refractivity contribution in [3.8, 4) is 28.3 Å². The van der Waals surface area contributed by atoms with Gasteiger partial charge in [0.05, 0.1) is 18.5 Å². The Morgan fingerprint density at radius 1 is 1.26 bits per heavy atom. The number of methoxy groups -OCH3 is 1. The van der Waals surface area contributed by atoms with E-state index >= 15 is 0 Å². The molecule has 8 heteroatoms. The topological polar surface area (TPSA) is 100 Å². The number of phenolic OH excluding ortho intramolecular Hbond substituents is 1. The maximum atomic E-state index is 12.0. The van der Waals surface area contributed by atoms with Crippen LogP contribution in [0.4, 0.5) is 10.5 Å². The molecule has 0 fully saturated rings. The molecular weight excluding hydrogens is 394 g/mol. The summed E-state index contributed by atoms with van der Waals surface area (Å²) in [5.41, 5.74) is 4.29. The van der Waals surface area contributed by atoms with Crippen LogP contribution in [-0.4, -0.2) is 34.6 Å². The Hall–Kier alpha value is -3.94. The van der Waals surface area contributed by atoms with Crippen LogP contribution < -0.4 is 20.7 Å². The summed E-state index contributed by atoms with van der Waals surface area (Å²) < 4.78 is 6.90. The van der Waals surface area contributed by atoms with Crippen LogP contribution in [0.3, 0.4) is 0 Å². The number of amides is 2. The molecule has 0 aliphatic rings. The van der Waals surface area contributed by atoms with Gasteiger partial charge in [-0.2, -0.15) is 5.10 Å².